The van der Waals surface area contributed by atoms with Gasteiger partial charge in [0.25, 0.3) is 0 Å². The number of nitrogens with zero attached hydrogens (tertiary/aromatic N) is 2. The van der Waals surface area contributed by atoms with Crippen LogP contribution in [0, 0.1) is 11.7 Å². The molecule has 0 saturated carbocycles. The fourth-order valence-electron chi connectivity index (χ4n) is 2.70. The maximum absolute atomic E-state index is 14.2. The first-order valence-electron chi connectivity index (χ1n) is 8.29. The molecular weight excluding hydrogens is 366 g/mol. The second-order valence-corrected chi connectivity index (χ2v) is 6.40. The summed E-state index contributed by atoms with van der Waals surface area (Å²) in [5, 5.41) is 2.61. The topological polar surface area (TPSA) is 54.5 Å². The molecule has 144 valence electrons. The third kappa shape index (κ3) is 4.66. The van der Waals surface area contributed by atoms with Gasteiger partial charge in [0.05, 0.1) is 5.56 Å². The lowest BCUT2D eigenvalue weighted by Gasteiger charge is -2.17. The molecule has 1 aliphatic heterocycles. The van der Waals surface area contributed by atoms with E-state index in [4.69, 9.17) is 4.74 Å². The number of pyridine rings is 1. The number of ether oxygens (including phenoxy) is 1. The number of benzene rings is 1. The van der Waals surface area contributed by atoms with E-state index in [0.29, 0.717) is 25.2 Å². The first-order valence-corrected chi connectivity index (χ1v) is 8.29. The molecule has 1 aliphatic rings. The van der Waals surface area contributed by atoms with Crippen LogP contribution in [-0.4, -0.2) is 29.0 Å². The molecule has 1 N–H and O–H groups in total. The molecule has 27 heavy (non-hydrogen) atoms. The molecule has 1 saturated heterocycles. The Kier molecular flexibility index (Phi) is 5.20. The second kappa shape index (κ2) is 7.42. The molecule has 9 heteroatoms. The van der Waals surface area contributed by atoms with Gasteiger partial charge < -0.3 is 15.0 Å². The van der Waals surface area contributed by atoms with E-state index in [1.165, 1.54) is 12.1 Å². The van der Waals surface area contributed by atoms with Crippen LogP contribution < -0.4 is 10.1 Å². The Balaban J connectivity index is 1.65. The van der Waals surface area contributed by atoms with E-state index in [9.17, 15) is 22.4 Å². The SMILES string of the molecule is CC1CCN(C(=O)Nc2ccc(Oc3ccc(C(F)(F)F)cn3)c(F)c2)C1. The normalized spacial score (nSPS) is 17.1. The zero-order valence-electron chi connectivity index (χ0n) is 14.4. The van der Waals surface area contributed by atoms with Crippen molar-refractivity contribution < 1.29 is 27.1 Å². The molecule has 0 radical (unpaired) electrons. The minimum absolute atomic E-state index is 0.176. The molecular formula is C18H17F4N3O2. The fourth-order valence-corrected chi connectivity index (χ4v) is 2.70. The van der Waals surface area contributed by atoms with E-state index in [2.05, 4.69) is 10.3 Å². The van der Waals surface area contributed by atoms with E-state index in [-0.39, 0.29) is 23.3 Å². The van der Waals surface area contributed by atoms with Gasteiger partial charge in [-0.2, -0.15) is 13.2 Å². The van der Waals surface area contributed by atoms with Gasteiger partial charge in [-0.25, -0.2) is 14.2 Å². The average Bonchev–Trinajstić information content (AvgIpc) is 3.04. The highest BCUT2D eigenvalue weighted by Crippen LogP contribution is 2.31. The number of likely N-dealkylation sites (tertiary alicyclic amines) is 1. The van der Waals surface area contributed by atoms with Crippen LogP contribution in [0.3, 0.4) is 0 Å². The Morgan fingerprint density at radius 2 is 2.07 bits per heavy atom. The van der Waals surface area contributed by atoms with Gasteiger partial charge >= 0.3 is 12.2 Å². The molecule has 0 spiro atoms. The van der Waals surface area contributed by atoms with Crippen LogP contribution in [0.1, 0.15) is 18.9 Å². The standard InChI is InChI=1S/C18H17F4N3O2/c1-11-6-7-25(10-11)17(26)24-13-3-4-15(14(19)8-13)27-16-5-2-12(9-23-16)18(20,21)22/h2-5,8-9,11H,6-7,10H2,1H3,(H,24,26). The summed E-state index contributed by atoms with van der Waals surface area (Å²) in [4.78, 5) is 17.3. The van der Waals surface area contributed by atoms with E-state index < -0.39 is 17.6 Å². The summed E-state index contributed by atoms with van der Waals surface area (Å²) >= 11 is 0. The quantitative estimate of drug-likeness (QED) is 0.767. The van der Waals surface area contributed by atoms with Crippen LogP contribution in [0.5, 0.6) is 11.6 Å². The van der Waals surface area contributed by atoms with Gasteiger partial charge in [-0.1, -0.05) is 6.92 Å². The number of hydrogen-bond donors (Lipinski definition) is 1. The summed E-state index contributed by atoms with van der Waals surface area (Å²) in [7, 11) is 0. The number of anilines is 1. The minimum atomic E-state index is -4.51. The molecule has 1 unspecified atom stereocenters. The highest BCUT2D eigenvalue weighted by molar-refractivity contribution is 5.89. The zero-order valence-corrected chi connectivity index (χ0v) is 14.4. The Morgan fingerprint density at radius 3 is 2.63 bits per heavy atom. The maximum atomic E-state index is 14.2. The van der Waals surface area contributed by atoms with Crippen LogP contribution in [0.25, 0.3) is 0 Å². The lowest BCUT2D eigenvalue weighted by atomic mass is 10.2. The van der Waals surface area contributed by atoms with E-state index in [1.54, 1.807) is 4.90 Å². The molecule has 0 bridgehead atoms. The number of nitrogens with one attached hydrogen (secondary N) is 1. The number of urea groups is 1. The first kappa shape index (κ1) is 18.9. The summed E-state index contributed by atoms with van der Waals surface area (Å²) in [6.07, 6.45) is -2.97. The predicted molar refractivity (Wildman–Crippen MR) is 90.1 cm³/mol. The number of alkyl halides is 3. The van der Waals surface area contributed by atoms with Gasteiger partial charge in [0.15, 0.2) is 11.6 Å². The third-order valence-electron chi connectivity index (χ3n) is 4.17. The largest absolute Gasteiger partial charge is 0.436 e. The molecule has 2 amide bonds. The van der Waals surface area contributed by atoms with Crippen LogP contribution in [0.15, 0.2) is 36.5 Å². The molecule has 2 aromatic rings. The number of amides is 2. The highest BCUT2D eigenvalue weighted by atomic mass is 19.4. The van der Waals surface area contributed by atoms with E-state index >= 15 is 0 Å². The zero-order chi connectivity index (χ0) is 19.6. The van der Waals surface area contributed by atoms with Crippen LogP contribution in [0.2, 0.25) is 0 Å². The van der Waals surface area contributed by atoms with E-state index in [0.717, 1.165) is 24.6 Å². The molecule has 0 aliphatic carbocycles. The number of halogens is 4. The van der Waals surface area contributed by atoms with Crippen LogP contribution in [-0.2, 0) is 6.18 Å². The smallest absolute Gasteiger partial charge is 0.417 e. The molecule has 1 aromatic carbocycles. The summed E-state index contributed by atoms with van der Waals surface area (Å²) in [5.74, 6) is -0.733. The van der Waals surface area contributed by atoms with Crippen LogP contribution in [0.4, 0.5) is 28.0 Å². The van der Waals surface area contributed by atoms with Gasteiger partial charge in [-0.15, -0.1) is 0 Å². The molecule has 3 rings (SSSR count). The number of aromatic nitrogens is 1. The number of rotatable bonds is 3. The lowest BCUT2D eigenvalue weighted by molar-refractivity contribution is -0.137. The average molecular weight is 383 g/mol. The summed E-state index contributed by atoms with van der Waals surface area (Å²) < 4.78 is 56.9. The summed E-state index contributed by atoms with van der Waals surface area (Å²) in [6, 6.07) is 5.29. The van der Waals surface area contributed by atoms with Crippen molar-refractivity contribution in [3.8, 4) is 11.6 Å². The Labute approximate surface area is 153 Å². The second-order valence-electron chi connectivity index (χ2n) is 6.40. The third-order valence-corrected chi connectivity index (χ3v) is 4.17. The lowest BCUT2D eigenvalue weighted by Crippen LogP contribution is -2.32. The molecule has 1 fully saturated rings. The van der Waals surface area contributed by atoms with Crippen molar-refractivity contribution in [2.75, 3.05) is 18.4 Å². The molecule has 1 aromatic heterocycles. The van der Waals surface area contributed by atoms with Gasteiger partial charge in [0.2, 0.25) is 5.88 Å². The molecule has 1 atom stereocenters. The van der Waals surface area contributed by atoms with Gasteiger partial charge in [0.1, 0.15) is 0 Å². The van der Waals surface area contributed by atoms with Gasteiger partial charge in [0, 0.05) is 37.1 Å². The van der Waals surface area contributed by atoms with Gasteiger partial charge in [-0.05, 0) is 30.5 Å². The molecule has 5 nitrogen and oxygen atoms in total. The van der Waals surface area contributed by atoms with Crippen LogP contribution >= 0.6 is 0 Å². The molecule has 2 heterocycles. The van der Waals surface area contributed by atoms with Crippen molar-refractivity contribution >= 4 is 11.7 Å². The van der Waals surface area contributed by atoms with Crippen molar-refractivity contribution in [2.45, 2.75) is 19.5 Å². The summed E-state index contributed by atoms with van der Waals surface area (Å²) in [5.41, 5.74) is -0.672. The maximum Gasteiger partial charge on any atom is 0.417 e. The summed E-state index contributed by atoms with van der Waals surface area (Å²) in [6.45, 7) is 3.35. The fraction of sp³-hybridized carbons (Fsp3) is 0.333. The Bertz CT molecular complexity index is 824. The van der Waals surface area contributed by atoms with Crippen molar-refractivity contribution in [2.24, 2.45) is 5.92 Å². The number of hydrogen-bond acceptors (Lipinski definition) is 3. The van der Waals surface area contributed by atoms with Crippen molar-refractivity contribution in [1.82, 2.24) is 9.88 Å². The highest BCUT2D eigenvalue weighted by Gasteiger charge is 2.30. The Morgan fingerprint density at radius 1 is 1.30 bits per heavy atom. The van der Waals surface area contributed by atoms with Crippen molar-refractivity contribution in [1.29, 1.82) is 0 Å². The predicted octanol–water partition coefficient (Wildman–Crippen LogP) is 4.91. The van der Waals surface area contributed by atoms with Crippen molar-refractivity contribution in [3.05, 3.63) is 47.9 Å². The van der Waals surface area contributed by atoms with Crippen molar-refractivity contribution in [3.63, 3.8) is 0 Å². The number of carbonyl (C=O) groups excluding carboxylic acids is 1. The minimum Gasteiger partial charge on any atom is -0.436 e. The monoisotopic (exact) mass is 383 g/mol. The first-order chi connectivity index (χ1) is 12.7. The van der Waals surface area contributed by atoms with Gasteiger partial charge in [-0.3, -0.25) is 0 Å². The number of carbonyl (C=O) groups is 1. The Hall–Kier alpha value is -2.84. The van der Waals surface area contributed by atoms with E-state index in [1.807, 2.05) is 6.92 Å².